The summed E-state index contributed by atoms with van der Waals surface area (Å²) in [6.45, 7) is 1.49. The molecular weight excluding hydrogens is 366 g/mol. The summed E-state index contributed by atoms with van der Waals surface area (Å²) in [5, 5.41) is 5.17. The lowest BCUT2D eigenvalue weighted by molar-refractivity contribution is -0.118. The van der Waals surface area contributed by atoms with Gasteiger partial charge in [-0.05, 0) is 12.1 Å². The van der Waals surface area contributed by atoms with Crippen LogP contribution in [0, 0.1) is 0 Å². The molecule has 0 aliphatic carbocycles. The summed E-state index contributed by atoms with van der Waals surface area (Å²) in [7, 11) is 0. The van der Waals surface area contributed by atoms with Crippen molar-refractivity contribution in [3.05, 3.63) is 78.8 Å². The summed E-state index contributed by atoms with van der Waals surface area (Å²) in [5.74, 6) is 0.315. The minimum atomic E-state index is -0.256. The molecule has 7 heteroatoms. The van der Waals surface area contributed by atoms with Crippen LogP contribution in [0.15, 0.2) is 73.2 Å². The van der Waals surface area contributed by atoms with E-state index in [1.807, 2.05) is 53.1 Å². The molecule has 0 unspecified atom stereocenters. The highest BCUT2D eigenvalue weighted by Crippen LogP contribution is 2.23. The van der Waals surface area contributed by atoms with Gasteiger partial charge in [0.25, 0.3) is 5.91 Å². The number of nitrogens with zero attached hydrogens (tertiary/aromatic N) is 3. The molecule has 2 amide bonds. The quantitative estimate of drug-likeness (QED) is 0.517. The van der Waals surface area contributed by atoms with Gasteiger partial charge in [-0.3, -0.25) is 19.0 Å². The summed E-state index contributed by atoms with van der Waals surface area (Å²) in [4.78, 5) is 32.1. The SMILES string of the molecule is CC(=O)NCNC(=O)c1ccc(-c2ncc3cnc(-c4ccccc4)cn23)cc1. The molecule has 4 rings (SSSR count). The topological polar surface area (TPSA) is 88.4 Å². The number of fused-ring (bicyclic) bond motifs is 1. The van der Waals surface area contributed by atoms with E-state index in [1.54, 1.807) is 24.5 Å². The lowest BCUT2D eigenvalue weighted by Crippen LogP contribution is -2.36. The van der Waals surface area contributed by atoms with E-state index in [1.165, 1.54) is 6.92 Å². The second kappa shape index (κ2) is 7.93. The number of carbonyl (C=O) groups excluding carboxylic acids is 2. The van der Waals surface area contributed by atoms with Crippen molar-refractivity contribution in [1.29, 1.82) is 0 Å². The van der Waals surface area contributed by atoms with Crippen LogP contribution in [0.5, 0.6) is 0 Å². The molecular formula is C22H19N5O2. The molecule has 0 fully saturated rings. The van der Waals surface area contributed by atoms with Gasteiger partial charge in [0.2, 0.25) is 5.91 Å². The van der Waals surface area contributed by atoms with Crippen LogP contribution in [0.2, 0.25) is 0 Å². The number of carbonyl (C=O) groups is 2. The molecule has 2 heterocycles. The van der Waals surface area contributed by atoms with Gasteiger partial charge in [-0.25, -0.2) is 4.98 Å². The van der Waals surface area contributed by atoms with Gasteiger partial charge in [-0.1, -0.05) is 42.5 Å². The van der Waals surface area contributed by atoms with Crippen molar-refractivity contribution in [2.75, 3.05) is 6.67 Å². The molecule has 0 radical (unpaired) electrons. The highest BCUT2D eigenvalue weighted by molar-refractivity contribution is 5.94. The van der Waals surface area contributed by atoms with Crippen LogP contribution in [0.4, 0.5) is 0 Å². The summed E-state index contributed by atoms with van der Waals surface area (Å²) >= 11 is 0. The monoisotopic (exact) mass is 385 g/mol. The molecule has 0 spiro atoms. The maximum Gasteiger partial charge on any atom is 0.252 e. The van der Waals surface area contributed by atoms with Crippen molar-refractivity contribution in [3.63, 3.8) is 0 Å². The first-order valence-electron chi connectivity index (χ1n) is 9.13. The molecule has 0 bridgehead atoms. The maximum absolute atomic E-state index is 12.1. The summed E-state index contributed by atoms with van der Waals surface area (Å²) in [6.07, 6.45) is 5.52. The lowest BCUT2D eigenvalue weighted by Gasteiger charge is -2.07. The van der Waals surface area contributed by atoms with Crippen LogP contribution in [-0.4, -0.2) is 32.9 Å². The highest BCUT2D eigenvalue weighted by Gasteiger charge is 2.10. The Hall–Kier alpha value is -4.00. The third kappa shape index (κ3) is 3.98. The van der Waals surface area contributed by atoms with Crippen molar-refractivity contribution in [1.82, 2.24) is 25.0 Å². The molecule has 2 aromatic carbocycles. The van der Waals surface area contributed by atoms with Crippen LogP contribution in [-0.2, 0) is 4.79 Å². The molecule has 0 aliphatic rings. The van der Waals surface area contributed by atoms with Gasteiger partial charge in [0, 0.05) is 29.8 Å². The Labute approximate surface area is 167 Å². The minimum absolute atomic E-state index is 0.0933. The van der Waals surface area contributed by atoms with Gasteiger partial charge >= 0.3 is 0 Å². The third-order valence-electron chi connectivity index (χ3n) is 4.47. The van der Waals surface area contributed by atoms with Crippen molar-refractivity contribution >= 4 is 17.3 Å². The second-order valence-electron chi connectivity index (χ2n) is 6.51. The van der Waals surface area contributed by atoms with Gasteiger partial charge in [-0.2, -0.15) is 0 Å². The summed E-state index contributed by atoms with van der Waals surface area (Å²) < 4.78 is 1.99. The molecule has 29 heavy (non-hydrogen) atoms. The molecule has 0 aliphatic heterocycles. The molecule has 0 atom stereocenters. The van der Waals surface area contributed by atoms with Gasteiger partial charge in [0.15, 0.2) is 0 Å². The van der Waals surface area contributed by atoms with Crippen molar-refractivity contribution in [3.8, 4) is 22.6 Å². The average molecular weight is 385 g/mol. The number of benzene rings is 2. The first-order chi connectivity index (χ1) is 14.1. The predicted molar refractivity (Wildman–Crippen MR) is 110 cm³/mol. The Kier molecular flexibility index (Phi) is 5.03. The Morgan fingerprint density at radius 1 is 0.897 bits per heavy atom. The molecule has 2 aromatic heterocycles. The average Bonchev–Trinajstić information content (AvgIpc) is 3.17. The second-order valence-corrected chi connectivity index (χ2v) is 6.51. The van der Waals surface area contributed by atoms with Gasteiger partial charge in [0.1, 0.15) is 5.82 Å². The first kappa shape index (κ1) is 18.4. The number of hydrogen-bond acceptors (Lipinski definition) is 4. The summed E-state index contributed by atoms with van der Waals surface area (Å²) in [6, 6.07) is 17.1. The zero-order chi connectivity index (χ0) is 20.2. The number of nitrogens with one attached hydrogen (secondary N) is 2. The standard InChI is InChI=1S/C22H19N5O2/c1-15(28)25-14-26-22(29)18-9-7-17(8-10-18)21-24-12-19-11-23-20(13-27(19)21)16-5-3-2-4-6-16/h2-13H,14H2,1H3,(H,25,28)(H,26,29). The van der Waals surface area contributed by atoms with E-state index in [2.05, 4.69) is 20.6 Å². The fraction of sp³-hybridized carbons (Fsp3) is 0.0909. The van der Waals surface area contributed by atoms with E-state index >= 15 is 0 Å². The third-order valence-corrected chi connectivity index (χ3v) is 4.47. The highest BCUT2D eigenvalue weighted by atomic mass is 16.2. The molecule has 7 nitrogen and oxygen atoms in total. The van der Waals surface area contributed by atoms with Crippen LogP contribution in [0.3, 0.4) is 0 Å². The van der Waals surface area contributed by atoms with E-state index in [4.69, 9.17) is 0 Å². The molecule has 0 saturated carbocycles. The zero-order valence-electron chi connectivity index (χ0n) is 15.8. The summed E-state index contributed by atoms with van der Waals surface area (Å²) in [5.41, 5.74) is 4.16. The number of amides is 2. The number of hydrogen-bond donors (Lipinski definition) is 2. The van der Waals surface area contributed by atoms with E-state index in [9.17, 15) is 9.59 Å². The zero-order valence-corrected chi connectivity index (χ0v) is 15.8. The Balaban J connectivity index is 1.59. The van der Waals surface area contributed by atoms with E-state index in [0.717, 1.165) is 28.2 Å². The number of rotatable bonds is 5. The lowest BCUT2D eigenvalue weighted by atomic mass is 10.1. The van der Waals surface area contributed by atoms with Crippen LogP contribution in [0.25, 0.3) is 28.2 Å². The van der Waals surface area contributed by atoms with Gasteiger partial charge < -0.3 is 10.6 Å². The van der Waals surface area contributed by atoms with Gasteiger partial charge in [-0.15, -0.1) is 0 Å². The predicted octanol–water partition coefficient (Wildman–Crippen LogP) is 2.89. The van der Waals surface area contributed by atoms with E-state index in [0.29, 0.717) is 5.56 Å². The Morgan fingerprint density at radius 3 is 2.34 bits per heavy atom. The van der Waals surface area contributed by atoms with E-state index < -0.39 is 0 Å². The molecule has 0 saturated heterocycles. The van der Waals surface area contributed by atoms with Gasteiger partial charge in [0.05, 0.1) is 30.3 Å². The largest absolute Gasteiger partial charge is 0.339 e. The fourth-order valence-corrected chi connectivity index (χ4v) is 2.99. The molecule has 2 N–H and O–H groups in total. The maximum atomic E-state index is 12.1. The van der Waals surface area contributed by atoms with E-state index in [-0.39, 0.29) is 18.5 Å². The van der Waals surface area contributed by atoms with Crippen molar-refractivity contribution in [2.45, 2.75) is 6.92 Å². The van der Waals surface area contributed by atoms with Crippen molar-refractivity contribution < 1.29 is 9.59 Å². The first-order valence-corrected chi connectivity index (χ1v) is 9.13. The molecule has 4 aromatic rings. The minimum Gasteiger partial charge on any atom is -0.339 e. The van der Waals surface area contributed by atoms with Crippen LogP contribution < -0.4 is 10.6 Å². The van der Waals surface area contributed by atoms with Crippen LogP contribution >= 0.6 is 0 Å². The molecule has 144 valence electrons. The normalized spacial score (nSPS) is 10.7. The van der Waals surface area contributed by atoms with Crippen molar-refractivity contribution in [2.24, 2.45) is 0 Å². The Bertz CT molecular complexity index is 1170. The van der Waals surface area contributed by atoms with Crippen LogP contribution in [0.1, 0.15) is 17.3 Å². The number of imidazole rings is 1. The number of aromatic nitrogens is 3. The smallest absolute Gasteiger partial charge is 0.252 e. The Morgan fingerprint density at radius 2 is 1.62 bits per heavy atom. The fourth-order valence-electron chi connectivity index (χ4n) is 2.99.